The number of aliphatic carboxylic acids is 1. The predicted octanol–water partition coefficient (Wildman–Crippen LogP) is 1.69. The number of urea groups is 1. The summed E-state index contributed by atoms with van der Waals surface area (Å²) >= 11 is 1.49. The molecule has 0 spiro atoms. The first kappa shape index (κ1) is 14.2. The van der Waals surface area contributed by atoms with E-state index in [4.69, 9.17) is 5.11 Å². The zero-order valence-electron chi connectivity index (χ0n) is 10.5. The van der Waals surface area contributed by atoms with Gasteiger partial charge < -0.3 is 14.9 Å². The van der Waals surface area contributed by atoms with Gasteiger partial charge in [0.1, 0.15) is 6.04 Å². The molecule has 1 fully saturated rings. The molecule has 0 aromatic carbocycles. The van der Waals surface area contributed by atoms with Crippen molar-refractivity contribution in [2.24, 2.45) is 0 Å². The highest BCUT2D eigenvalue weighted by Gasteiger charge is 2.36. The third-order valence-corrected chi connectivity index (χ3v) is 4.09. The molecule has 0 radical (unpaired) electrons. The molecule has 98 valence electrons. The molecular formula is C11H20N2O3S. The molecule has 0 saturated carbocycles. The third kappa shape index (κ3) is 3.28. The van der Waals surface area contributed by atoms with E-state index in [2.05, 4.69) is 6.92 Å². The zero-order chi connectivity index (χ0) is 13.0. The van der Waals surface area contributed by atoms with E-state index in [1.54, 1.807) is 11.9 Å². The van der Waals surface area contributed by atoms with Crippen LogP contribution in [0, 0.1) is 0 Å². The van der Waals surface area contributed by atoms with Crippen molar-refractivity contribution < 1.29 is 14.7 Å². The number of carboxylic acids is 1. The molecule has 2 amide bonds. The molecule has 0 aromatic heterocycles. The molecule has 0 bridgehead atoms. The van der Waals surface area contributed by atoms with Crippen LogP contribution < -0.4 is 0 Å². The first-order valence-corrected chi connectivity index (χ1v) is 6.98. The van der Waals surface area contributed by atoms with Crippen LogP contribution in [0.2, 0.25) is 0 Å². The average molecular weight is 260 g/mol. The zero-order valence-corrected chi connectivity index (χ0v) is 11.4. The monoisotopic (exact) mass is 260 g/mol. The van der Waals surface area contributed by atoms with E-state index in [-0.39, 0.29) is 12.1 Å². The summed E-state index contributed by atoms with van der Waals surface area (Å²) in [6, 6.07) is -0.709. The largest absolute Gasteiger partial charge is 0.480 e. The molecule has 17 heavy (non-hydrogen) atoms. The summed E-state index contributed by atoms with van der Waals surface area (Å²) < 4.78 is 0. The number of hydrogen-bond donors (Lipinski definition) is 1. The molecular weight excluding hydrogens is 240 g/mol. The van der Waals surface area contributed by atoms with Gasteiger partial charge in [-0.2, -0.15) is 0 Å². The number of amides is 2. The standard InChI is InChI=1S/C11H20N2O3S/c1-4-5-8(2)12(3)11(16)13-7-17-6-9(13)10(14)15/h8-9H,4-7H2,1-3H3,(H,14,15)/t8?,9-/m0/s1. The van der Waals surface area contributed by atoms with Crippen LogP contribution in [0.25, 0.3) is 0 Å². The van der Waals surface area contributed by atoms with Crippen LogP contribution in [0.15, 0.2) is 0 Å². The lowest BCUT2D eigenvalue weighted by molar-refractivity contribution is -0.140. The van der Waals surface area contributed by atoms with Crippen molar-refractivity contribution in [3.05, 3.63) is 0 Å². The summed E-state index contributed by atoms with van der Waals surface area (Å²) in [5.41, 5.74) is 0. The van der Waals surface area contributed by atoms with E-state index in [1.807, 2.05) is 6.92 Å². The number of carbonyl (C=O) groups is 2. The number of nitrogens with zero attached hydrogens (tertiary/aromatic N) is 2. The fourth-order valence-corrected chi connectivity index (χ4v) is 2.98. The predicted molar refractivity (Wildman–Crippen MR) is 68.1 cm³/mol. The Kier molecular flexibility index (Phi) is 5.11. The highest BCUT2D eigenvalue weighted by molar-refractivity contribution is 7.99. The number of rotatable bonds is 4. The Morgan fingerprint density at radius 1 is 1.59 bits per heavy atom. The molecule has 0 aromatic rings. The maximum absolute atomic E-state index is 12.2. The number of thioether (sulfide) groups is 1. The minimum atomic E-state index is -0.917. The number of hydrogen-bond acceptors (Lipinski definition) is 3. The Morgan fingerprint density at radius 2 is 2.24 bits per heavy atom. The Labute approximate surface area is 106 Å². The summed E-state index contributed by atoms with van der Waals surface area (Å²) in [6.45, 7) is 4.06. The molecule has 1 heterocycles. The van der Waals surface area contributed by atoms with Gasteiger partial charge in [0.15, 0.2) is 0 Å². The van der Waals surface area contributed by atoms with E-state index in [9.17, 15) is 9.59 Å². The highest BCUT2D eigenvalue weighted by Crippen LogP contribution is 2.23. The van der Waals surface area contributed by atoms with Gasteiger partial charge in [-0.25, -0.2) is 9.59 Å². The van der Waals surface area contributed by atoms with Crippen LogP contribution in [-0.2, 0) is 4.79 Å². The Balaban J connectivity index is 2.65. The number of carboxylic acid groups (broad SMARTS) is 1. The van der Waals surface area contributed by atoms with Crippen molar-refractivity contribution in [3.63, 3.8) is 0 Å². The third-order valence-electron chi connectivity index (χ3n) is 3.08. The van der Waals surface area contributed by atoms with E-state index in [0.29, 0.717) is 11.6 Å². The van der Waals surface area contributed by atoms with Gasteiger partial charge in [-0.1, -0.05) is 13.3 Å². The molecule has 1 saturated heterocycles. The van der Waals surface area contributed by atoms with E-state index < -0.39 is 12.0 Å². The fraction of sp³-hybridized carbons (Fsp3) is 0.818. The summed E-state index contributed by atoms with van der Waals surface area (Å²) in [5.74, 6) is 0.0377. The minimum Gasteiger partial charge on any atom is -0.480 e. The van der Waals surface area contributed by atoms with Crippen LogP contribution in [0.1, 0.15) is 26.7 Å². The van der Waals surface area contributed by atoms with Gasteiger partial charge in [-0.05, 0) is 13.3 Å². The normalized spacial score (nSPS) is 21.4. The van der Waals surface area contributed by atoms with Gasteiger partial charge in [0.25, 0.3) is 0 Å². The van der Waals surface area contributed by atoms with Crippen molar-refractivity contribution in [2.45, 2.75) is 38.8 Å². The Bertz CT molecular complexity index is 298. The smallest absolute Gasteiger partial charge is 0.327 e. The molecule has 1 aliphatic heterocycles. The van der Waals surface area contributed by atoms with Crippen LogP contribution in [0.4, 0.5) is 4.79 Å². The second kappa shape index (κ2) is 6.14. The van der Waals surface area contributed by atoms with Crippen LogP contribution in [0.5, 0.6) is 0 Å². The lowest BCUT2D eigenvalue weighted by Crippen LogP contribution is -2.49. The van der Waals surface area contributed by atoms with E-state index >= 15 is 0 Å². The topological polar surface area (TPSA) is 60.9 Å². The molecule has 5 nitrogen and oxygen atoms in total. The summed E-state index contributed by atoms with van der Waals surface area (Å²) in [7, 11) is 1.74. The maximum Gasteiger partial charge on any atom is 0.327 e. The van der Waals surface area contributed by atoms with Crippen molar-refractivity contribution >= 4 is 23.8 Å². The quantitative estimate of drug-likeness (QED) is 0.835. The molecule has 2 atom stereocenters. The van der Waals surface area contributed by atoms with Crippen molar-refractivity contribution in [3.8, 4) is 0 Å². The van der Waals surface area contributed by atoms with Crippen LogP contribution >= 0.6 is 11.8 Å². The van der Waals surface area contributed by atoms with Gasteiger partial charge in [-0.15, -0.1) is 11.8 Å². The van der Waals surface area contributed by atoms with Crippen LogP contribution in [-0.4, -0.2) is 57.7 Å². The second-order valence-electron chi connectivity index (χ2n) is 4.35. The minimum absolute atomic E-state index is 0.146. The van der Waals surface area contributed by atoms with E-state index in [1.165, 1.54) is 16.7 Å². The molecule has 1 unspecified atom stereocenters. The van der Waals surface area contributed by atoms with Gasteiger partial charge in [0.05, 0.1) is 5.88 Å². The van der Waals surface area contributed by atoms with E-state index in [0.717, 1.165) is 12.8 Å². The van der Waals surface area contributed by atoms with Gasteiger partial charge in [-0.3, -0.25) is 0 Å². The van der Waals surface area contributed by atoms with Gasteiger partial charge in [0.2, 0.25) is 0 Å². The summed E-state index contributed by atoms with van der Waals surface area (Å²) in [4.78, 5) is 26.2. The van der Waals surface area contributed by atoms with Crippen molar-refractivity contribution in [1.29, 1.82) is 0 Å². The SMILES string of the molecule is CCCC(C)N(C)C(=O)N1CSC[C@H]1C(=O)O. The second-order valence-corrected chi connectivity index (χ2v) is 5.35. The van der Waals surface area contributed by atoms with Gasteiger partial charge >= 0.3 is 12.0 Å². The summed E-state index contributed by atoms with van der Waals surface area (Å²) in [5, 5.41) is 9.03. The molecule has 6 heteroatoms. The molecule has 0 aliphatic carbocycles. The molecule has 1 aliphatic rings. The Morgan fingerprint density at radius 3 is 2.76 bits per heavy atom. The summed E-state index contributed by atoms with van der Waals surface area (Å²) in [6.07, 6.45) is 1.94. The lowest BCUT2D eigenvalue weighted by atomic mass is 10.2. The molecule has 1 N–H and O–H groups in total. The average Bonchev–Trinajstić information content (AvgIpc) is 2.76. The van der Waals surface area contributed by atoms with Crippen molar-refractivity contribution in [2.75, 3.05) is 18.7 Å². The first-order valence-electron chi connectivity index (χ1n) is 5.83. The van der Waals surface area contributed by atoms with Crippen LogP contribution in [0.3, 0.4) is 0 Å². The lowest BCUT2D eigenvalue weighted by Gasteiger charge is -2.31. The van der Waals surface area contributed by atoms with Gasteiger partial charge in [0, 0.05) is 18.8 Å². The first-order chi connectivity index (χ1) is 7.99. The maximum atomic E-state index is 12.2. The highest BCUT2D eigenvalue weighted by atomic mass is 32.2. The Hall–Kier alpha value is -0.910. The number of carbonyl (C=O) groups excluding carboxylic acids is 1. The molecule has 1 rings (SSSR count). The van der Waals surface area contributed by atoms with Crippen molar-refractivity contribution in [1.82, 2.24) is 9.80 Å². The fourth-order valence-electron chi connectivity index (χ4n) is 1.84.